The van der Waals surface area contributed by atoms with E-state index in [0.717, 1.165) is 22.9 Å². The van der Waals surface area contributed by atoms with Crippen LogP contribution in [0.3, 0.4) is 0 Å². The number of nitro benzene ring substituents is 1. The molecular formula is C16H17N3O2. The molecule has 21 heavy (non-hydrogen) atoms. The van der Waals surface area contributed by atoms with E-state index >= 15 is 0 Å². The molecule has 4 rings (SSSR count). The van der Waals surface area contributed by atoms with Gasteiger partial charge in [-0.05, 0) is 37.9 Å². The fraction of sp³-hybridized carbons (Fsp3) is 0.375. The molecule has 1 N–H and O–H groups in total. The van der Waals surface area contributed by atoms with Gasteiger partial charge in [0.25, 0.3) is 5.69 Å². The Bertz CT molecular complexity index is 762. The zero-order valence-corrected chi connectivity index (χ0v) is 11.9. The SMILES string of the molecule is CN1C2C=C(c3c[nH]c4ccc([N+](=O)[O-])cc34)CC1CC2. The van der Waals surface area contributed by atoms with Crippen molar-refractivity contribution in [1.82, 2.24) is 9.88 Å². The van der Waals surface area contributed by atoms with Gasteiger partial charge in [0, 0.05) is 46.9 Å². The van der Waals surface area contributed by atoms with Gasteiger partial charge in [-0.15, -0.1) is 0 Å². The number of nitrogens with one attached hydrogen (secondary N) is 1. The van der Waals surface area contributed by atoms with E-state index in [1.165, 1.54) is 18.4 Å². The maximum absolute atomic E-state index is 11.0. The summed E-state index contributed by atoms with van der Waals surface area (Å²) in [6, 6.07) is 6.15. The average molecular weight is 283 g/mol. The van der Waals surface area contributed by atoms with E-state index in [1.54, 1.807) is 18.2 Å². The lowest BCUT2D eigenvalue weighted by molar-refractivity contribution is -0.384. The van der Waals surface area contributed by atoms with Crippen LogP contribution in [0.15, 0.2) is 30.5 Å². The molecule has 1 saturated heterocycles. The summed E-state index contributed by atoms with van der Waals surface area (Å²) >= 11 is 0. The van der Waals surface area contributed by atoms with Crippen LogP contribution < -0.4 is 0 Å². The third-order valence-electron chi connectivity index (χ3n) is 4.97. The molecule has 1 aromatic heterocycles. The molecule has 5 nitrogen and oxygen atoms in total. The number of non-ortho nitro benzene ring substituents is 1. The van der Waals surface area contributed by atoms with Crippen LogP contribution in [0.5, 0.6) is 0 Å². The first kappa shape index (κ1) is 12.6. The van der Waals surface area contributed by atoms with Gasteiger partial charge in [-0.25, -0.2) is 0 Å². The van der Waals surface area contributed by atoms with Crippen LogP contribution >= 0.6 is 0 Å². The van der Waals surface area contributed by atoms with Crippen molar-refractivity contribution >= 4 is 22.2 Å². The van der Waals surface area contributed by atoms with E-state index in [-0.39, 0.29) is 10.6 Å². The van der Waals surface area contributed by atoms with Crippen molar-refractivity contribution in [2.45, 2.75) is 31.3 Å². The first-order valence-electron chi connectivity index (χ1n) is 7.32. The zero-order valence-electron chi connectivity index (χ0n) is 11.9. The fourth-order valence-corrected chi connectivity index (χ4v) is 3.73. The quantitative estimate of drug-likeness (QED) is 0.679. The molecule has 0 aliphatic carbocycles. The summed E-state index contributed by atoms with van der Waals surface area (Å²) in [6.45, 7) is 0. The molecule has 0 spiro atoms. The second kappa shape index (κ2) is 4.43. The van der Waals surface area contributed by atoms with E-state index in [2.05, 4.69) is 23.0 Å². The van der Waals surface area contributed by atoms with Gasteiger partial charge in [0.1, 0.15) is 0 Å². The predicted molar refractivity (Wildman–Crippen MR) is 82.1 cm³/mol. The molecule has 2 aliphatic heterocycles. The molecule has 2 aliphatic rings. The van der Waals surface area contributed by atoms with Crippen LogP contribution in [-0.2, 0) is 0 Å². The minimum Gasteiger partial charge on any atom is -0.361 e. The van der Waals surface area contributed by atoms with Gasteiger partial charge in [-0.3, -0.25) is 15.0 Å². The largest absolute Gasteiger partial charge is 0.361 e. The lowest BCUT2D eigenvalue weighted by atomic mass is 9.94. The second-order valence-corrected chi connectivity index (χ2v) is 6.05. The molecule has 1 aromatic carbocycles. The van der Waals surface area contributed by atoms with Crippen molar-refractivity contribution in [3.05, 3.63) is 46.1 Å². The van der Waals surface area contributed by atoms with Gasteiger partial charge in [0.15, 0.2) is 0 Å². The first-order chi connectivity index (χ1) is 10.1. The number of fused-ring (bicyclic) bond motifs is 3. The minimum atomic E-state index is -0.330. The number of nitrogens with zero attached hydrogens (tertiary/aromatic N) is 2. The van der Waals surface area contributed by atoms with Crippen LogP contribution in [0.2, 0.25) is 0 Å². The normalized spacial score (nSPS) is 25.3. The molecule has 3 heterocycles. The summed E-state index contributed by atoms with van der Waals surface area (Å²) in [6.07, 6.45) is 7.81. The van der Waals surface area contributed by atoms with Gasteiger partial charge in [-0.2, -0.15) is 0 Å². The van der Waals surface area contributed by atoms with Crippen LogP contribution in [0, 0.1) is 10.1 Å². The molecule has 2 bridgehead atoms. The van der Waals surface area contributed by atoms with E-state index in [9.17, 15) is 10.1 Å². The number of aromatic nitrogens is 1. The summed E-state index contributed by atoms with van der Waals surface area (Å²) in [7, 11) is 2.19. The first-order valence-corrected chi connectivity index (χ1v) is 7.32. The Labute approximate surface area is 122 Å². The molecule has 5 heteroatoms. The van der Waals surface area contributed by atoms with E-state index in [0.29, 0.717) is 12.1 Å². The highest BCUT2D eigenvalue weighted by Gasteiger charge is 2.34. The van der Waals surface area contributed by atoms with Gasteiger partial charge >= 0.3 is 0 Å². The van der Waals surface area contributed by atoms with Crippen molar-refractivity contribution in [1.29, 1.82) is 0 Å². The highest BCUT2D eigenvalue weighted by molar-refractivity contribution is 5.94. The molecule has 0 amide bonds. The smallest absolute Gasteiger partial charge is 0.270 e. The number of aromatic amines is 1. The van der Waals surface area contributed by atoms with Gasteiger partial charge < -0.3 is 4.98 Å². The Kier molecular flexibility index (Phi) is 2.65. The minimum absolute atomic E-state index is 0.153. The number of hydrogen-bond donors (Lipinski definition) is 1. The molecule has 0 saturated carbocycles. The Balaban J connectivity index is 1.82. The summed E-state index contributed by atoms with van der Waals surface area (Å²) in [5.74, 6) is 0. The number of likely N-dealkylation sites (N-methyl/N-ethyl adjacent to an activating group) is 1. The lowest BCUT2D eigenvalue weighted by Crippen LogP contribution is -2.34. The number of benzene rings is 1. The van der Waals surface area contributed by atoms with Crippen molar-refractivity contribution in [3.8, 4) is 0 Å². The van der Waals surface area contributed by atoms with Crippen molar-refractivity contribution in [2.75, 3.05) is 7.05 Å². The molecule has 2 unspecified atom stereocenters. The summed E-state index contributed by atoms with van der Waals surface area (Å²) in [5.41, 5.74) is 3.56. The van der Waals surface area contributed by atoms with Gasteiger partial charge in [0.05, 0.1) is 4.92 Å². The van der Waals surface area contributed by atoms with Crippen LogP contribution in [0.4, 0.5) is 5.69 Å². The summed E-state index contributed by atoms with van der Waals surface area (Å²) in [4.78, 5) is 16.3. The Morgan fingerprint density at radius 2 is 2.24 bits per heavy atom. The van der Waals surface area contributed by atoms with Crippen LogP contribution in [-0.4, -0.2) is 33.9 Å². The average Bonchev–Trinajstić information content (AvgIpc) is 2.95. The van der Waals surface area contributed by atoms with Crippen molar-refractivity contribution in [2.24, 2.45) is 0 Å². The van der Waals surface area contributed by atoms with Gasteiger partial charge in [-0.1, -0.05) is 6.08 Å². The van der Waals surface area contributed by atoms with Gasteiger partial charge in [0.2, 0.25) is 0 Å². The molecule has 0 radical (unpaired) electrons. The third-order valence-corrected chi connectivity index (χ3v) is 4.97. The number of H-pyrrole nitrogens is 1. The molecular weight excluding hydrogens is 266 g/mol. The maximum Gasteiger partial charge on any atom is 0.270 e. The fourth-order valence-electron chi connectivity index (χ4n) is 3.73. The highest BCUT2D eigenvalue weighted by atomic mass is 16.6. The Hall–Kier alpha value is -2.14. The topological polar surface area (TPSA) is 62.2 Å². The number of nitro groups is 1. The standard InChI is InChI=1S/C16H17N3O2/c1-18-11-2-3-12(18)7-10(6-11)15-9-17-16-5-4-13(19(20)21)8-14(15)16/h4-6,8-9,11-12,17H,2-3,7H2,1H3. The highest BCUT2D eigenvalue weighted by Crippen LogP contribution is 2.39. The van der Waals surface area contributed by atoms with E-state index in [4.69, 9.17) is 0 Å². The second-order valence-electron chi connectivity index (χ2n) is 6.05. The van der Waals surface area contributed by atoms with Crippen molar-refractivity contribution < 1.29 is 4.92 Å². The summed E-state index contributed by atoms with van der Waals surface area (Å²) < 4.78 is 0. The predicted octanol–water partition coefficient (Wildman–Crippen LogP) is 3.33. The third kappa shape index (κ3) is 1.88. The molecule has 2 atom stereocenters. The monoisotopic (exact) mass is 283 g/mol. The molecule has 1 fully saturated rings. The summed E-state index contributed by atoms with van der Waals surface area (Å²) in [5, 5.41) is 11.9. The number of hydrogen-bond acceptors (Lipinski definition) is 3. The van der Waals surface area contributed by atoms with Crippen molar-refractivity contribution in [3.63, 3.8) is 0 Å². The molecule has 2 aromatic rings. The van der Waals surface area contributed by atoms with Crippen LogP contribution in [0.1, 0.15) is 24.8 Å². The molecule has 108 valence electrons. The zero-order chi connectivity index (χ0) is 14.6. The Morgan fingerprint density at radius 3 is 3.00 bits per heavy atom. The van der Waals surface area contributed by atoms with E-state index in [1.807, 2.05) is 6.20 Å². The number of rotatable bonds is 2. The maximum atomic E-state index is 11.0. The van der Waals surface area contributed by atoms with E-state index < -0.39 is 0 Å². The Morgan fingerprint density at radius 1 is 1.38 bits per heavy atom. The van der Waals surface area contributed by atoms with Crippen LogP contribution in [0.25, 0.3) is 16.5 Å². The lowest BCUT2D eigenvalue weighted by Gasteiger charge is -2.30.